The molecule has 17 nitrogen and oxygen atoms in total. The molecule has 19 heteroatoms. The summed E-state index contributed by atoms with van der Waals surface area (Å²) in [6.45, 7) is 7.80. The number of sulfonamides is 1. The summed E-state index contributed by atoms with van der Waals surface area (Å²) < 4.78 is 34.7. The first-order valence-electron chi connectivity index (χ1n) is 15.5. The second kappa shape index (κ2) is 20.2. The fourth-order valence-corrected chi connectivity index (χ4v) is 6.81. The fourth-order valence-electron chi connectivity index (χ4n) is 4.72. The number of carboxylic acid groups (broad SMARTS) is 1. The van der Waals surface area contributed by atoms with Crippen LogP contribution in [-0.2, 0) is 40.5 Å². The first kappa shape index (κ1) is 42.4. The number of aliphatic imine (C=N–C) groups is 1. The maximum Gasteiger partial charge on any atom is 0.305 e. The highest BCUT2D eigenvalue weighted by Crippen LogP contribution is 2.30. The van der Waals surface area contributed by atoms with E-state index in [0.717, 1.165) is 15.2 Å². The van der Waals surface area contributed by atoms with Crippen molar-refractivity contribution in [3.63, 3.8) is 0 Å². The van der Waals surface area contributed by atoms with Crippen LogP contribution in [0.25, 0.3) is 0 Å². The number of carbonyl (C=O) groups is 5. The molecule has 51 heavy (non-hydrogen) atoms. The molecule has 2 aromatic rings. The molecular formula is C32H43IN8O9S. The standard InChI is InChI=1S/C32H43IN8O9S/c1-6-26(42)40-39-23(11-8-12-35-32(34)41-51(48,49)29-18(2)13-25(50-5)19(3)20(29)4)30(46)37-17-27(43)38-24(15-28(44)45)31(47)36-16-21-9-7-10-22(33)14-21/h6-7,9-10,13-14,23-24,39H,1,8,11-12,15-17H2,2-5H3,(H,36,47)(H,37,46)(H,38,43)(H,40,42)(H,44,45)(H3,34,35,41)/t23-,24-/m0/s1. The van der Waals surface area contributed by atoms with E-state index in [0.29, 0.717) is 22.4 Å². The van der Waals surface area contributed by atoms with E-state index in [1.807, 2.05) is 12.1 Å². The number of hydrazine groups is 1. The third-order valence-corrected chi connectivity index (χ3v) is 9.63. The minimum Gasteiger partial charge on any atom is -0.496 e. The number of carboxylic acids is 1. The molecule has 0 aliphatic rings. The summed E-state index contributed by atoms with van der Waals surface area (Å²) in [6, 6.07) is 6.36. The minimum atomic E-state index is -4.10. The van der Waals surface area contributed by atoms with Gasteiger partial charge in [0.1, 0.15) is 17.8 Å². The average molecular weight is 843 g/mol. The van der Waals surface area contributed by atoms with Gasteiger partial charge in [0.05, 0.1) is 25.0 Å². The Hall–Kier alpha value is -4.76. The fraction of sp³-hybridized carbons (Fsp3) is 0.375. The number of hydrogen-bond acceptors (Lipinski definition) is 10. The van der Waals surface area contributed by atoms with Crippen molar-refractivity contribution in [1.82, 2.24) is 31.5 Å². The second-order valence-electron chi connectivity index (χ2n) is 11.2. The Bertz CT molecular complexity index is 1770. The summed E-state index contributed by atoms with van der Waals surface area (Å²) in [6.07, 6.45) is 0.471. The predicted octanol–water partition coefficient (Wildman–Crippen LogP) is 0.166. The van der Waals surface area contributed by atoms with Gasteiger partial charge in [0.2, 0.25) is 23.7 Å². The largest absolute Gasteiger partial charge is 0.496 e. The molecule has 0 radical (unpaired) electrons. The van der Waals surface area contributed by atoms with Gasteiger partial charge in [-0.1, -0.05) is 18.7 Å². The molecule has 2 rings (SSSR count). The Morgan fingerprint density at radius 1 is 1.06 bits per heavy atom. The summed E-state index contributed by atoms with van der Waals surface area (Å²) in [4.78, 5) is 65.5. The molecule has 278 valence electrons. The Morgan fingerprint density at radius 3 is 2.37 bits per heavy atom. The highest BCUT2D eigenvalue weighted by molar-refractivity contribution is 14.1. The van der Waals surface area contributed by atoms with Crippen molar-refractivity contribution in [2.75, 3.05) is 20.2 Å². The number of nitrogens with zero attached hydrogens (tertiary/aromatic N) is 1. The van der Waals surface area contributed by atoms with Crippen LogP contribution in [0.5, 0.6) is 5.75 Å². The SMILES string of the molecule is C=CC(=O)NN[C@@H](CCCN=C(N)NS(=O)(=O)c1c(C)cc(OC)c(C)c1C)C(=O)NCC(=O)N[C@@H](CC(=O)O)C(=O)NCc1cccc(I)c1. The van der Waals surface area contributed by atoms with Crippen molar-refractivity contribution in [3.05, 3.63) is 68.8 Å². The Morgan fingerprint density at radius 2 is 1.75 bits per heavy atom. The van der Waals surface area contributed by atoms with Crippen LogP contribution in [-0.4, -0.2) is 81.4 Å². The maximum absolute atomic E-state index is 13.1. The van der Waals surface area contributed by atoms with E-state index in [4.69, 9.17) is 10.5 Å². The minimum absolute atomic E-state index is 0.0244. The molecule has 0 bridgehead atoms. The van der Waals surface area contributed by atoms with Gasteiger partial charge in [-0.15, -0.1) is 0 Å². The van der Waals surface area contributed by atoms with Crippen LogP contribution in [0.1, 0.15) is 41.5 Å². The van der Waals surface area contributed by atoms with Gasteiger partial charge in [0.15, 0.2) is 0 Å². The number of aryl methyl sites for hydroxylation is 1. The molecule has 0 saturated carbocycles. The Balaban J connectivity index is 2.01. The molecule has 2 aromatic carbocycles. The summed E-state index contributed by atoms with van der Waals surface area (Å²) in [5, 5.41) is 16.6. The topological polar surface area (TPSA) is 260 Å². The predicted molar refractivity (Wildman–Crippen MR) is 197 cm³/mol. The lowest BCUT2D eigenvalue weighted by Gasteiger charge is -2.20. The molecule has 4 amide bonds. The molecule has 0 aliphatic carbocycles. The quantitative estimate of drug-likeness (QED) is 0.0236. The average Bonchev–Trinajstić information content (AvgIpc) is 3.06. The van der Waals surface area contributed by atoms with Crippen LogP contribution in [0.2, 0.25) is 0 Å². The molecule has 0 heterocycles. The second-order valence-corrected chi connectivity index (χ2v) is 14.0. The smallest absolute Gasteiger partial charge is 0.305 e. The molecular weight excluding hydrogens is 799 g/mol. The number of amides is 4. The zero-order chi connectivity index (χ0) is 38.3. The summed E-state index contributed by atoms with van der Waals surface area (Å²) in [7, 11) is -2.61. The van der Waals surface area contributed by atoms with Crippen LogP contribution in [0, 0.1) is 24.3 Å². The molecule has 0 spiro atoms. The van der Waals surface area contributed by atoms with E-state index in [9.17, 15) is 37.5 Å². The van der Waals surface area contributed by atoms with Crippen molar-refractivity contribution < 1.29 is 42.2 Å². The van der Waals surface area contributed by atoms with E-state index in [-0.39, 0.29) is 36.8 Å². The molecule has 0 saturated heterocycles. The number of methoxy groups -OCH3 is 1. The number of halogens is 1. The summed E-state index contributed by atoms with van der Waals surface area (Å²) >= 11 is 2.11. The van der Waals surface area contributed by atoms with Crippen LogP contribution >= 0.6 is 22.6 Å². The van der Waals surface area contributed by atoms with Crippen LogP contribution < -0.4 is 42.0 Å². The van der Waals surface area contributed by atoms with Crippen LogP contribution in [0.15, 0.2) is 52.9 Å². The van der Waals surface area contributed by atoms with Gasteiger partial charge in [0, 0.05) is 16.7 Å². The number of hydrogen-bond donors (Lipinski definition) is 8. The van der Waals surface area contributed by atoms with Crippen LogP contribution in [0.4, 0.5) is 0 Å². The van der Waals surface area contributed by atoms with Gasteiger partial charge in [-0.2, -0.15) is 0 Å². The van der Waals surface area contributed by atoms with Gasteiger partial charge in [-0.05, 0) is 103 Å². The zero-order valence-electron chi connectivity index (χ0n) is 28.6. The monoisotopic (exact) mass is 842 g/mol. The summed E-state index contributed by atoms with van der Waals surface area (Å²) in [5.41, 5.74) is 13.0. The number of aliphatic carboxylic acids is 1. The number of carbonyl (C=O) groups excluding carboxylic acids is 4. The molecule has 0 unspecified atom stereocenters. The lowest BCUT2D eigenvalue weighted by atomic mass is 10.1. The van der Waals surface area contributed by atoms with Crippen molar-refractivity contribution in [1.29, 1.82) is 0 Å². The van der Waals surface area contributed by atoms with Gasteiger partial charge in [0.25, 0.3) is 15.9 Å². The molecule has 0 aliphatic heterocycles. The number of guanidine groups is 1. The van der Waals surface area contributed by atoms with Gasteiger partial charge < -0.3 is 31.5 Å². The molecule has 2 atom stereocenters. The van der Waals surface area contributed by atoms with Crippen molar-refractivity contribution >= 4 is 68.2 Å². The number of benzene rings is 2. The Labute approximate surface area is 309 Å². The number of ether oxygens (including phenoxy) is 1. The highest BCUT2D eigenvalue weighted by Gasteiger charge is 2.26. The van der Waals surface area contributed by atoms with E-state index in [1.54, 1.807) is 39.0 Å². The first-order chi connectivity index (χ1) is 24.0. The Kier molecular flexibility index (Phi) is 16.8. The number of rotatable bonds is 19. The van der Waals surface area contributed by atoms with Crippen LogP contribution in [0.3, 0.4) is 0 Å². The third kappa shape index (κ3) is 13.8. The summed E-state index contributed by atoms with van der Waals surface area (Å²) in [5.74, 6) is -4.11. The zero-order valence-corrected chi connectivity index (χ0v) is 31.6. The normalized spacial score (nSPS) is 12.5. The maximum atomic E-state index is 13.1. The molecule has 0 fully saturated rings. The lowest BCUT2D eigenvalue weighted by Crippen LogP contribution is -2.54. The van der Waals surface area contributed by atoms with Crippen molar-refractivity contribution in [2.45, 2.75) is 63.6 Å². The van der Waals surface area contributed by atoms with Crippen molar-refractivity contribution in [3.8, 4) is 5.75 Å². The van der Waals surface area contributed by atoms with Gasteiger partial charge >= 0.3 is 5.97 Å². The van der Waals surface area contributed by atoms with E-state index < -0.39 is 64.7 Å². The van der Waals surface area contributed by atoms with Gasteiger partial charge in [-0.25, -0.2) is 18.6 Å². The van der Waals surface area contributed by atoms with E-state index in [1.165, 1.54) is 7.11 Å². The third-order valence-electron chi connectivity index (χ3n) is 7.32. The highest BCUT2D eigenvalue weighted by atomic mass is 127. The van der Waals surface area contributed by atoms with Gasteiger partial charge in [-0.3, -0.25) is 34.4 Å². The van der Waals surface area contributed by atoms with E-state index >= 15 is 0 Å². The number of nitrogens with one attached hydrogen (secondary N) is 6. The molecule has 0 aromatic heterocycles. The molecule has 9 N–H and O–H groups in total. The van der Waals surface area contributed by atoms with E-state index in [2.05, 4.69) is 65.7 Å². The van der Waals surface area contributed by atoms with Crippen molar-refractivity contribution in [2.24, 2.45) is 10.7 Å². The lowest BCUT2D eigenvalue weighted by molar-refractivity contribution is -0.140. The first-order valence-corrected chi connectivity index (χ1v) is 18.0. The number of nitrogens with two attached hydrogens (primary N) is 1.